The Morgan fingerprint density at radius 2 is 0.971 bits per heavy atom. The van der Waals surface area contributed by atoms with Crippen LogP contribution in [0.2, 0.25) is 0 Å². The number of ketones is 2. The van der Waals surface area contributed by atoms with E-state index in [-0.39, 0.29) is 43.0 Å². The third-order valence-corrected chi connectivity index (χ3v) is 6.02. The molecule has 0 heterocycles. The predicted octanol–water partition coefficient (Wildman–Crippen LogP) is 1.68. The second-order valence-corrected chi connectivity index (χ2v) is 9.90. The van der Waals surface area contributed by atoms with Crippen molar-refractivity contribution in [1.82, 2.24) is 0 Å². The van der Waals surface area contributed by atoms with Crippen molar-refractivity contribution in [1.29, 1.82) is 0 Å². The molecule has 1 aliphatic rings. The number of quaternary nitrogens is 2. The third kappa shape index (κ3) is 5.00. The molecule has 1 aliphatic carbocycles. The van der Waals surface area contributed by atoms with Crippen molar-refractivity contribution in [2.45, 2.75) is 0 Å². The molecule has 2 aromatic carbocycles. The van der Waals surface area contributed by atoms with E-state index in [0.717, 1.165) is 0 Å². The van der Waals surface area contributed by atoms with Gasteiger partial charge in [0.2, 0.25) is 11.6 Å². The number of nitrogens with zero attached hydrogens (tertiary/aromatic N) is 4. The molecule has 184 valence electrons. The fraction of sp³-hybridized carbons (Fsp3) is 0.417. The van der Waals surface area contributed by atoms with E-state index in [9.17, 15) is 30.2 Å². The molecule has 0 fully saturated rings. The van der Waals surface area contributed by atoms with Crippen LogP contribution in [0, 0.1) is 0 Å². The lowest BCUT2D eigenvalue weighted by molar-refractivity contribution is -1.07. The van der Waals surface area contributed by atoms with E-state index < -0.39 is 11.6 Å². The number of phenols is 2. The van der Waals surface area contributed by atoms with Gasteiger partial charge in [0.05, 0.1) is 63.5 Å². The number of phenolic OH excluding ortho intramolecular Hbond substituents is 2. The van der Waals surface area contributed by atoms with Crippen molar-refractivity contribution >= 4 is 22.9 Å². The van der Waals surface area contributed by atoms with Gasteiger partial charge in [-0.15, -0.1) is 0 Å². The number of rotatable bonds is 8. The zero-order valence-corrected chi connectivity index (χ0v) is 20.5. The van der Waals surface area contributed by atoms with Crippen LogP contribution < -0.4 is 9.80 Å². The first kappa shape index (κ1) is 25.4. The summed E-state index contributed by atoms with van der Waals surface area (Å²) in [6, 6.07) is 5.85. The lowest BCUT2D eigenvalue weighted by Gasteiger charge is -2.32. The molecule has 0 saturated heterocycles. The molecule has 2 aromatic rings. The summed E-state index contributed by atoms with van der Waals surface area (Å²) in [5.41, 5.74) is 0.769. The average molecular weight is 475 g/mol. The summed E-state index contributed by atoms with van der Waals surface area (Å²) in [7, 11) is 10.1. The molecule has 0 amide bonds. The van der Waals surface area contributed by atoms with Crippen LogP contribution in [-0.4, -0.2) is 110 Å². The Labute approximate surface area is 199 Å². The summed E-state index contributed by atoms with van der Waals surface area (Å²) in [6.07, 6.45) is 0. The van der Waals surface area contributed by atoms with Crippen molar-refractivity contribution in [3.05, 3.63) is 46.5 Å². The van der Waals surface area contributed by atoms with E-state index in [1.165, 1.54) is 12.1 Å². The maximum absolute atomic E-state index is 13.7. The number of carbonyl (C=O) groups is 2. The number of hydroxylamine groups is 6. The number of hydrogen-bond donors (Lipinski definition) is 4. The number of aromatic hydroxyl groups is 2. The largest absolute Gasteiger partial charge is 0.507 e. The van der Waals surface area contributed by atoms with Crippen LogP contribution in [0.15, 0.2) is 24.3 Å². The maximum atomic E-state index is 13.7. The van der Waals surface area contributed by atoms with Crippen LogP contribution in [0.25, 0.3) is 0 Å². The molecule has 3 rings (SSSR count). The van der Waals surface area contributed by atoms with Crippen LogP contribution >= 0.6 is 0 Å². The van der Waals surface area contributed by atoms with Gasteiger partial charge < -0.3 is 20.0 Å². The predicted molar refractivity (Wildman–Crippen MR) is 127 cm³/mol. The number of anilines is 2. The van der Waals surface area contributed by atoms with Crippen LogP contribution in [0.3, 0.4) is 0 Å². The first-order valence-corrected chi connectivity index (χ1v) is 11.0. The molecule has 4 N–H and O–H groups in total. The first-order valence-electron chi connectivity index (χ1n) is 11.0. The van der Waals surface area contributed by atoms with E-state index in [2.05, 4.69) is 0 Å². The Morgan fingerprint density at radius 1 is 0.647 bits per heavy atom. The second kappa shape index (κ2) is 8.88. The summed E-state index contributed by atoms with van der Waals surface area (Å²) >= 11 is 0. The normalized spacial score (nSPS) is 13.5. The van der Waals surface area contributed by atoms with Gasteiger partial charge in [-0.2, -0.15) is 9.29 Å². The van der Waals surface area contributed by atoms with Gasteiger partial charge in [-0.1, -0.05) is 0 Å². The minimum absolute atomic E-state index is 0.131. The van der Waals surface area contributed by atoms with Crippen LogP contribution in [0.1, 0.15) is 31.8 Å². The summed E-state index contributed by atoms with van der Waals surface area (Å²) in [5.74, 6) is -1.88. The zero-order chi connectivity index (χ0) is 25.6. The topological polar surface area (TPSA) is 122 Å². The summed E-state index contributed by atoms with van der Waals surface area (Å²) < 4.78 is -0.542. The highest BCUT2D eigenvalue weighted by Gasteiger charge is 2.39. The zero-order valence-electron chi connectivity index (χ0n) is 20.5. The highest BCUT2D eigenvalue weighted by Crippen LogP contribution is 2.43. The number of carbonyl (C=O) groups excluding carboxylic acids is 2. The standard InChI is InChI=1S/C24H32N4O6/c1-25(11-13-27(3,4)33)15-7-8-16(26(2)12-14-28(5,6)34)20-19(15)23(31)21-17(29)9-10-18(30)22(21)24(20)32/h7-10,33-34H,11-14H2,1-6H3/p+2. The second-order valence-electron chi connectivity index (χ2n) is 9.90. The van der Waals surface area contributed by atoms with Gasteiger partial charge in [0.1, 0.15) is 24.6 Å². The van der Waals surface area contributed by atoms with Gasteiger partial charge in [0.15, 0.2) is 0 Å². The SMILES string of the molecule is CN(CC[N+](C)(C)O)c1ccc(N(C)CC[N+](C)(C)O)c2c1C(=O)c1c(O)ccc(O)c1C2=O. The van der Waals surface area contributed by atoms with Crippen LogP contribution in [0.5, 0.6) is 11.5 Å². The molecule has 0 aromatic heterocycles. The summed E-state index contributed by atoms with van der Waals surface area (Å²) in [4.78, 5) is 30.9. The lowest BCUT2D eigenvalue weighted by atomic mass is 9.81. The highest BCUT2D eigenvalue weighted by molar-refractivity contribution is 6.33. The molecule has 10 heteroatoms. The fourth-order valence-electron chi connectivity index (χ4n) is 4.00. The van der Waals surface area contributed by atoms with Crippen molar-refractivity contribution in [2.24, 2.45) is 0 Å². The van der Waals surface area contributed by atoms with E-state index in [0.29, 0.717) is 37.6 Å². The minimum atomic E-state index is -0.564. The average Bonchev–Trinajstić information content (AvgIpc) is 2.73. The van der Waals surface area contributed by atoms with Crippen LogP contribution in [0.4, 0.5) is 11.4 Å². The van der Waals surface area contributed by atoms with E-state index in [4.69, 9.17) is 0 Å². The molecule has 0 saturated carbocycles. The molecular formula is C24H34N4O6+2. The summed E-state index contributed by atoms with van der Waals surface area (Å²) in [5, 5.41) is 41.0. The van der Waals surface area contributed by atoms with Gasteiger partial charge in [-0.05, 0) is 24.3 Å². The minimum Gasteiger partial charge on any atom is -0.507 e. The third-order valence-electron chi connectivity index (χ3n) is 6.02. The smallest absolute Gasteiger partial charge is 0.200 e. The molecule has 0 atom stereocenters. The van der Waals surface area contributed by atoms with Crippen molar-refractivity contribution < 1.29 is 39.5 Å². The number of likely N-dealkylation sites (N-methyl/N-ethyl adjacent to an activating group) is 4. The number of hydrogen-bond acceptors (Lipinski definition) is 8. The van der Waals surface area contributed by atoms with Gasteiger partial charge in [-0.25, -0.2) is 10.4 Å². The van der Waals surface area contributed by atoms with E-state index in [1.807, 2.05) is 0 Å². The van der Waals surface area contributed by atoms with Gasteiger partial charge in [0.25, 0.3) is 0 Å². The maximum Gasteiger partial charge on any atom is 0.200 e. The lowest BCUT2D eigenvalue weighted by Crippen LogP contribution is -2.43. The highest BCUT2D eigenvalue weighted by atomic mass is 16.5. The van der Waals surface area contributed by atoms with E-state index in [1.54, 1.807) is 64.2 Å². The molecule has 10 nitrogen and oxygen atoms in total. The van der Waals surface area contributed by atoms with Crippen LogP contribution in [-0.2, 0) is 0 Å². The Bertz CT molecular complexity index is 1050. The number of benzene rings is 2. The fourth-order valence-corrected chi connectivity index (χ4v) is 4.00. The molecule has 0 radical (unpaired) electrons. The Hall–Kier alpha value is -3.18. The molecule has 34 heavy (non-hydrogen) atoms. The van der Waals surface area contributed by atoms with E-state index >= 15 is 0 Å². The molecule has 0 unspecified atom stereocenters. The van der Waals surface area contributed by atoms with Gasteiger partial charge in [-0.3, -0.25) is 9.59 Å². The Kier molecular flexibility index (Phi) is 6.64. The Morgan fingerprint density at radius 3 is 1.26 bits per heavy atom. The van der Waals surface area contributed by atoms with Crippen molar-refractivity contribution in [3.63, 3.8) is 0 Å². The molecule has 0 bridgehead atoms. The summed E-state index contributed by atoms with van der Waals surface area (Å²) in [6.45, 7) is 1.51. The quantitative estimate of drug-likeness (QED) is 0.221. The van der Waals surface area contributed by atoms with Crippen molar-refractivity contribution in [2.75, 3.05) is 78.3 Å². The molecule has 0 spiro atoms. The molecule has 0 aliphatic heterocycles. The number of fused-ring (bicyclic) bond motifs is 2. The Balaban J connectivity index is 2.19. The molecular weight excluding hydrogens is 440 g/mol. The van der Waals surface area contributed by atoms with Gasteiger partial charge >= 0.3 is 0 Å². The van der Waals surface area contributed by atoms with Crippen molar-refractivity contribution in [3.8, 4) is 11.5 Å². The van der Waals surface area contributed by atoms with Gasteiger partial charge in [0, 0.05) is 25.5 Å². The monoisotopic (exact) mass is 474 g/mol. The first-order chi connectivity index (χ1) is 15.6.